The quantitative estimate of drug-likeness (QED) is 0.412. The van der Waals surface area contributed by atoms with Gasteiger partial charge in [0, 0.05) is 0 Å². The molecule has 0 unspecified atom stereocenters. The third-order valence-corrected chi connectivity index (χ3v) is 0.0500. The molecule has 0 bridgehead atoms. The average Bonchev–Trinajstić information content (AvgIpc) is 1.37. The molecule has 0 aliphatic heterocycles. The van der Waals surface area contributed by atoms with Crippen LogP contribution in [0.5, 0.6) is 0 Å². The van der Waals surface area contributed by atoms with Crippen LogP contribution >= 0.6 is 0 Å². The van der Waals surface area contributed by atoms with Gasteiger partial charge in [0.05, 0.1) is 0 Å². The molecule has 4 radical (unpaired) electrons. The van der Waals surface area contributed by atoms with Crippen molar-refractivity contribution in [3.8, 4) is 0 Å². The molecule has 0 amide bonds. The molecule has 2 nitrogen and oxygen atoms in total. The molecule has 0 aliphatic carbocycles. The van der Waals surface area contributed by atoms with Crippen LogP contribution in [0.25, 0.3) is 0 Å². The van der Waals surface area contributed by atoms with Crippen molar-refractivity contribution >= 4 is 0 Å². The third-order valence-electron chi connectivity index (χ3n) is 0.0500. The molecular formula is C2H2O2. The Bertz CT molecular complexity index is 6.00. The minimum absolute atomic E-state index is 1.24. The fourth-order valence-electron chi connectivity index (χ4n) is 0. The van der Waals surface area contributed by atoms with Gasteiger partial charge < -0.3 is 10.2 Å². The zero-order valence-corrected chi connectivity index (χ0v) is 1.89. The monoisotopic (exact) mass is 60.0 g/mol. The van der Waals surface area contributed by atoms with Gasteiger partial charge in [0.15, 0.2) is 13.2 Å². The highest BCUT2D eigenvalue weighted by molar-refractivity contribution is 4.51. The van der Waals surface area contributed by atoms with Crippen LogP contribution in [0.4, 0.5) is 0 Å². The van der Waals surface area contributed by atoms with Crippen molar-refractivity contribution in [2.24, 2.45) is 0 Å². The number of hydrogen-bond donors (Lipinski definition) is 2. The Kier molecular flexibility index (Phi) is 2.86. The molecule has 4 heavy (non-hydrogen) atoms. The van der Waals surface area contributed by atoms with Crippen molar-refractivity contribution < 1.29 is 10.2 Å². The van der Waals surface area contributed by atoms with Crippen molar-refractivity contribution in [2.45, 2.75) is 0 Å². The second-order valence-electron chi connectivity index (χ2n) is 0.224. The largest absolute Gasteiger partial charge is 0.380 e. The zero-order valence-electron chi connectivity index (χ0n) is 1.89. The molecule has 0 rings (SSSR count). The minimum Gasteiger partial charge on any atom is -0.380 e. The minimum atomic E-state index is 1.24. The van der Waals surface area contributed by atoms with Gasteiger partial charge in [-0.15, -0.1) is 0 Å². The Morgan fingerprint density at radius 1 is 1.00 bits per heavy atom. The van der Waals surface area contributed by atoms with Crippen molar-refractivity contribution in [1.29, 1.82) is 0 Å². The standard InChI is InChI=1S/C2H2O2/c3-1-2-4/h3-4H/i1+1,2+1. The maximum absolute atomic E-state index is 7.26. The summed E-state index contributed by atoms with van der Waals surface area (Å²) in [6, 6.07) is 0. The SMILES string of the molecule is O[13C][13C]O. The molecule has 0 saturated carbocycles. The second-order valence-corrected chi connectivity index (χ2v) is 0.224. The van der Waals surface area contributed by atoms with Gasteiger partial charge in [-0.3, -0.25) is 0 Å². The van der Waals surface area contributed by atoms with Crippen LogP contribution < -0.4 is 0 Å². The van der Waals surface area contributed by atoms with Crippen LogP contribution in [0, 0.1) is 13.2 Å². The summed E-state index contributed by atoms with van der Waals surface area (Å²) in [6.45, 7) is 2.47. The molecule has 2 heteroatoms. The Morgan fingerprint density at radius 3 is 1.25 bits per heavy atom. The molecule has 0 atom stereocenters. The van der Waals surface area contributed by atoms with Gasteiger partial charge in [-0.25, -0.2) is 0 Å². The summed E-state index contributed by atoms with van der Waals surface area (Å²) in [5.74, 6) is 0. The van der Waals surface area contributed by atoms with Crippen LogP contribution in [0.15, 0.2) is 0 Å². The van der Waals surface area contributed by atoms with Crippen LogP contribution in [0.2, 0.25) is 0 Å². The number of hydrogen-bond acceptors (Lipinski definition) is 2. The number of aliphatic hydroxyl groups excluding tert-OH is 2. The predicted molar refractivity (Wildman–Crippen MR) is 10.4 cm³/mol. The lowest BCUT2D eigenvalue weighted by molar-refractivity contribution is 0.307. The summed E-state index contributed by atoms with van der Waals surface area (Å²) in [7, 11) is 0. The van der Waals surface area contributed by atoms with Gasteiger partial charge in [-0.2, -0.15) is 0 Å². The lowest BCUT2D eigenvalue weighted by atomic mass is 11.8. The van der Waals surface area contributed by atoms with E-state index < -0.39 is 0 Å². The number of rotatable bonds is 1. The molecule has 0 aromatic heterocycles. The topological polar surface area (TPSA) is 40.5 Å². The average molecular weight is 60.0 g/mol. The van der Waals surface area contributed by atoms with Crippen molar-refractivity contribution in [2.75, 3.05) is 0 Å². The van der Waals surface area contributed by atoms with Gasteiger partial charge >= 0.3 is 0 Å². The van der Waals surface area contributed by atoms with E-state index in [1.54, 1.807) is 0 Å². The van der Waals surface area contributed by atoms with Crippen LogP contribution in [-0.2, 0) is 0 Å². The van der Waals surface area contributed by atoms with Crippen molar-refractivity contribution in [1.82, 2.24) is 0 Å². The summed E-state index contributed by atoms with van der Waals surface area (Å²) in [6.07, 6.45) is 0. The molecule has 0 spiro atoms. The molecule has 0 saturated heterocycles. The van der Waals surface area contributed by atoms with E-state index in [1.165, 1.54) is 13.2 Å². The smallest absolute Gasteiger partial charge is 0.169 e. The van der Waals surface area contributed by atoms with Gasteiger partial charge in [0.1, 0.15) is 0 Å². The first-order chi connectivity index (χ1) is 1.91. The fraction of sp³-hybridized carbons (Fsp3) is 0. The molecule has 0 aromatic carbocycles. The highest BCUT2D eigenvalue weighted by Gasteiger charge is 1.66. The van der Waals surface area contributed by atoms with Gasteiger partial charge in [0.2, 0.25) is 0 Å². The zero-order chi connectivity index (χ0) is 3.41. The van der Waals surface area contributed by atoms with Crippen LogP contribution in [0.3, 0.4) is 0 Å². The Labute approximate surface area is 24.7 Å². The van der Waals surface area contributed by atoms with Crippen LogP contribution in [0.1, 0.15) is 0 Å². The fourth-order valence-corrected chi connectivity index (χ4v) is 0. The summed E-state index contributed by atoms with van der Waals surface area (Å²) in [5.41, 5.74) is 0. The first kappa shape index (κ1) is 3.92. The maximum Gasteiger partial charge on any atom is 0.169 e. The van der Waals surface area contributed by atoms with E-state index in [2.05, 4.69) is 0 Å². The second kappa shape index (κ2) is 2.92. The Balaban J connectivity index is 1.97. The molecule has 2 N–H and O–H groups in total. The molecule has 0 aromatic rings. The van der Waals surface area contributed by atoms with E-state index in [4.69, 9.17) is 10.2 Å². The molecule has 22 valence electrons. The third kappa shape index (κ3) is 1.92. The van der Waals surface area contributed by atoms with E-state index >= 15 is 0 Å². The highest BCUT2D eigenvalue weighted by atomic mass is 16.4. The van der Waals surface area contributed by atoms with Crippen LogP contribution in [-0.4, -0.2) is 10.2 Å². The maximum atomic E-state index is 7.26. The molecular weight excluding hydrogens is 58.0 g/mol. The van der Waals surface area contributed by atoms with Crippen molar-refractivity contribution in [3.05, 3.63) is 13.2 Å². The Hall–Kier alpha value is -0.0800. The lowest BCUT2D eigenvalue weighted by Gasteiger charge is -1.63. The lowest BCUT2D eigenvalue weighted by Crippen LogP contribution is -1.65. The molecule has 0 heterocycles. The van der Waals surface area contributed by atoms with Gasteiger partial charge in [0.25, 0.3) is 0 Å². The number of aliphatic hydroxyl groups is 2. The first-order valence-electron chi connectivity index (χ1n) is 0.697. The molecule has 0 aliphatic rings. The summed E-state index contributed by atoms with van der Waals surface area (Å²) < 4.78 is 0. The summed E-state index contributed by atoms with van der Waals surface area (Å²) in [4.78, 5) is 0. The summed E-state index contributed by atoms with van der Waals surface area (Å²) in [5, 5.41) is 14.5. The van der Waals surface area contributed by atoms with E-state index in [9.17, 15) is 0 Å². The van der Waals surface area contributed by atoms with Crippen molar-refractivity contribution in [3.63, 3.8) is 0 Å². The normalized spacial score (nSPS) is 7.50. The highest BCUT2D eigenvalue weighted by Crippen LogP contribution is 1.61. The van der Waals surface area contributed by atoms with E-state index in [-0.39, 0.29) is 0 Å². The molecule has 0 fully saturated rings. The summed E-state index contributed by atoms with van der Waals surface area (Å²) >= 11 is 0. The van der Waals surface area contributed by atoms with E-state index in [0.717, 1.165) is 0 Å². The Morgan fingerprint density at radius 2 is 1.25 bits per heavy atom. The predicted octanol–water partition coefficient (Wildman–Crippen LogP) is -0.191. The van der Waals surface area contributed by atoms with E-state index in [0.29, 0.717) is 0 Å². The van der Waals surface area contributed by atoms with E-state index in [1.807, 2.05) is 0 Å². The van der Waals surface area contributed by atoms with Gasteiger partial charge in [-0.05, 0) is 0 Å². The first-order valence-corrected chi connectivity index (χ1v) is 0.697. The van der Waals surface area contributed by atoms with Gasteiger partial charge in [-0.1, -0.05) is 0 Å².